The number of aromatic nitrogens is 3. The molecular weight excluding hydrogens is 356 g/mol. The van der Waals surface area contributed by atoms with Gasteiger partial charge in [0.2, 0.25) is 5.95 Å². The Labute approximate surface area is 162 Å². The van der Waals surface area contributed by atoms with E-state index in [-0.39, 0.29) is 23.2 Å². The van der Waals surface area contributed by atoms with Crippen molar-refractivity contribution >= 4 is 11.8 Å². The second kappa shape index (κ2) is 7.80. The molecule has 2 aromatic heterocycles. The highest BCUT2D eigenvalue weighted by atomic mass is 16.5. The first-order valence-electron chi connectivity index (χ1n) is 8.60. The van der Waals surface area contributed by atoms with Crippen molar-refractivity contribution in [1.82, 2.24) is 15.0 Å². The van der Waals surface area contributed by atoms with Crippen molar-refractivity contribution in [3.63, 3.8) is 0 Å². The molecule has 1 aromatic carbocycles. The number of anilines is 2. The lowest BCUT2D eigenvalue weighted by Gasteiger charge is -2.12. The van der Waals surface area contributed by atoms with E-state index in [0.29, 0.717) is 34.1 Å². The highest BCUT2D eigenvalue weighted by molar-refractivity contribution is 5.80. The normalized spacial score (nSPS) is 10.5. The SMILES string of the molecule is COc1cc(-c2cc(-c3cnc(NC(C)C)nc3)c(C#N)c(N)n2)ccc1O. The van der Waals surface area contributed by atoms with Gasteiger partial charge in [-0.15, -0.1) is 0 Å². The van der Waals surface area contributed by atoms with Crippen molar-refractivity contribution in [3.8, 4) is 40.0 Å². The van der Waals surface area contributed by atoms with Crippen molar-refractivity contribution in [3.05, 3.63) is 42.2 Å². The van der Waals surface area contributed by atoms with Crippen molar-refractivity contribution in [2.75, 3.05) is 18.2 Å². The number of ether oxygens (including phenoxy) is 1. The molecule has 0 saturated carbocycles. The van der Waals surface area contributed by atoms with Gasteiger partial charge in [-0.05, 0) is 38.1 Å². The zero-order chi connectivity index (χ0) is 20.3. The Morgan fingerprint density at radius 1 is 1.18 bits per heavy atom. The molecule has 3 rings (SSSR count). The van der Waals surface area contributed by atoms with Crippen LogP contribution in [0.15, 0.2) is 36.7 Å². The molecular formula is C20H20N6O2. The largest absolute Gasteiger partial charge is 0.504 e. The van der Waals surface area contributed by atoms with Crippen LogP contribution in [0, 0.1) is 11.3 Å². The summed E-state index contributed by atoms with van der Waals surface area (Å²) in [6.45, 7) is 3.99. The smallest absolute Gasteiger partial charge is 0.222 e. The maximum atomic E-state index is 9.80. The van der Waals surface area contributed by atoms with E-state index in [1.54, 1.807) is 30.6 Å². The Morgan fingerprint density at radius 2 is 1.89 bits per heavy atom. The van der Waals surface area contributed by atoms with Crippen LogP contribution in [0.25, 0.3) is 22.4 Å². The minimum absolute atomic E-state index is 0.0229. The molecule has 8 nitrogen and oxygen atoms in total. The van der Waals surface area contributed by atoms with Crippen LogP contribution in [0.2, 0.25) is 0 Å². The van der Waals surface area contributed by atoms with Gasteiger partial charge in [0.05, 0.1) is 12.8 Å². The monoisotopic (exact) mass is 376 g/mol. The third kappa shape index (κ3) is 3.78. The molecule has 142 valence electrons. The Kier molecular flexibility index (Phi) is 5.27. The highest BCUT2D eigenvalue weighted by Crippen LogP contribution is 2.34. The molecule has 28 heavy (non-hydrogen) atoms. The molecule has 0 spiro atoms. The quantitative estimate of drug-likeness (QED) is 0.619. The summed E-state index contributed by atoms with van der Waals surface area (Å²) in [6, 6.07) is 8.90. The van der Waals surface area contributed by atoms with Crippen molar-refractivity contribution < 1.29 is 9.84 Å². The Hall–Kier alpha value is -3.86. The number of nitrogens with one attached hydrogen (secondary N) is 1. The second-order valence-corrected chi connectivity index (χ2v) is 6.41. The van der Waals surface area contributed by atoms with Gasteiger partial charge in [-0.1, -0.05) is 0 Å². The lowest BCUT2D eigenvalue weighted by Crippen LogP contribution is -2.12. The summed E-state index contributed by atoms with van der Waals surface area (Å²) in [4.78, 5) is 12.9. The van der Waals surface area contributed by atoms with Crippen LogP contribution in [0.1, 0.15) is 19.4 Å². The first-order chi connectivity index (χ1) is 13.4. The number of rotatable bonds is 5. The third-order valence-electron chi connectivity index (χ3n) is 4.02. The number of hydrogen-bond donors (Lipinski definition) is 3. The van der Waals surface area contributed by atoms with Gasteiger partial charge < -0.3 is 20.9 Å². The molecule has 0 saturated heterocycles. The predicted molar refractivity (Wildman–Crippen MR) is 107 cm³/mol. The lowest BCUT2D eigenvalue weighted by atomic mass is 10.0. The molecule has 2 heterocycles. The fraction of sp³-hybridized carbons (Fsp3) is 0.200. The van der Waals surface area contributed by atoms with E-state index >= 15 is 0 Å². The summed E-state index contributed by atoms with van der Waals surface area (Å²) < 4.78 is 5.15. The molecule has 0 radical (unpaired) electrons. The molecule has 0 aliphatic rings. The third-order valence-corrected chi connectivity index (χ3v) is 4.02. The number of nitriles is 1. The molecule has 3 aromatic rings. The van der Waals surface area contributed by atoms with Gasteiger partial charge in [0.1, 0.15) is 17.5 Å². The highest BCUT2D eigenvalue weighted by Gasteiger charge is 2.15. The summed E-state index contributed by atoms with van der Waals surface area (Å²) in [5.74, 6) is 0.945. The van der Waals surface area contributed by atoms with Crippen molar-refractivity contribution in [2.45, 2.75) is 19.9 Å². The standard InChI is InChI=1S/C20H20N6O2/c1-11(2)25-20-23-9-13(10-24-20)14-7-16(26-19(22)15(14)8-21)12-4-5-17(27)18(6-12)28-3/h4-7,9-11,27H,1-3H3,(H2,22,26)(H,23,24,25). The summed E-state index contributed by atoms with van der Waals surface area (Å²) in [5, 5.41) is 22.5. The van der Waals surface area contributed by atoms with Crippen molar-refractivity contribution in [2.24, 2.45) is 0 Å². The molecule has 4 N–H and O–H groups in total. The average Bonchev–Trinajstić information content (AvgIpc) is 2.68. The van der Waals surface area contributed by atoms with E-state index in [1.807, 2.05) is 13.8 Å². The molecule has 0 atom stereocenters. The molecule has 0 bridgehead atoms. The number of nitrogens with two attached hydrogens (primary N) is 1. The van der Waals surface area contributed by atoms with Crippen LogP contribution >= 0.6 is 0 Å². The van der Waals surface area contributed by atoms with Gasteiger partial charge in [-0.25, -0.2) is 15.0 Å². The molecule has 0 aliphatic carbocycles. The number of nitrogen functional groups attached to an aromatic ring is 1. The second-order valence-electron chi connectivity index (χ2n) is 6.41. The van der Waals surface area contributed by atoms with Crippen LogP contribution in [-0.2, 0) is 0 Å². The Balaban J connectivity index is 2.10. The van der Waals surface area contributed by atoms with Crippen LogP contribution in [-0.4, -0.2) is 33.2 Å². The maximum absolute atomic E-state index is 9.80. The van der Waals surface area contributed by atoms with E-state index in [0.717, 1.165) is 0 Å². The van der Waals surface area contributed by atoms with Crippen LogP contribution < -0.4 is 15.8 Å². The first-order valence-corrected chi connectivity index (χ1v) is 8.60. The number of methoxy groups -OCH3 is 1. The molecule has 0 amide bonds. The Morgan fingerprint density at radius 3 is 2.50 bits per heavy atom. The topological polar surface area (TPSA) is 130 Å². The van der Waals surface area contributed by atoms with E-state index in [2.05, 4.69) is 26.3 Å². The van der Waals surface area contributed by atoms with Crippen LogP contribution in [0.4, 0.5) is 11.8 Å². The number of nitrogens with zero attached hydrogens (tertiary/aromatic N) is 4. The number of pyridine rings is 1. The Bertz CT molecular complexity index is 1040. The summed E-state index contributed by atoms with van der Waals surface area (Å²) in [5.41, 5.74) is 8.73. The van der Waals surface area contributed by atoms with E-state index in [1.165, 1.54) is 13.2 Å². The van der Waals surface area contributed by atoms with Gasteiger partial charge >= 0.3 is 0 Å². The number of hydrogen-bond acceptors (Lipinski definition) is 8. The van der Waals surface area contributed by atoms with Crippen LogP contribution in [0.3, 0.4) is 0 Å². The maximum Gasteiger partial charge on any atom is 0.222 e. The minimum atomic E-state index is 0.0229. The molecule has 0 unspecified atom stereocenters. The number of phenols is 1. The summed E-state index contributed by atoms with van der Waals surface area (Å²) >= 11 is 0. The molecule has 8 heteroatoms. The summed E-state index contributed by atoms with van der Waals surface area (Å²) in [7, 11) is 1.47. The molecule has 0 fully saturated rings. The number of phenolic OH excluding ortho intramolecular Hbond substituents is 1. The van der Waals surface area contributed by atoms with Gasteiger partial charge in [0.15, 0.2) is 11.5 Å². The number of aromatic hydroxyl groups is 1. The molecule has 0 aliphatic heterocycles. The van der Waals surface area contributed by atoms with E-state index in [4.69, 9.17) is 10.5 Å². The zero-order valence-electron chi connectivity index (χ0n) is 15.8. The number of benzene rings is 1. The lowest BCUT2D eigenvalue weighted by molar-refractivity contribution is 0.373. The van der Waals surface area contributed by atoms with E-state index < -0.39 is 0 Å². The summed E-state index contributed by atoms with van der Waals surface area (Å²) in [6.07, 6.45) is 3.27. The van der Waals surface area contributed by atoms with Crippen molar-refractivity contribution in [1.29, 1.82) is 5.26 Å². The fourth-order valence-electron chi connectivity index (χ4n) is 2.69. The van der Waals surface area contributed by atoms with Crippen LogP contribution in [0.5, 0.6) is 11.5 Å². The average molecular weight is 376 g/mol. The van der Waals surface area contributed by atoms with Gasteiger partial charge in [-0.3, -0.25) is 0 Å². The fourth-order valence-corrected chi connectivity index (χ4v) is 2.69. The van der Waals surface area contributed by atoms with Gasteiger partial charge in [0, 0.05) is 35.1 Å². The van der Waals surface area contributed by atoms with Gasteiger partial charge in [-0.2, -0.15) is 5.26 Å². The minimum Gasteiger partial charge on any atom is -0.504 e. The van der Waals surface area contributed by atoms with E-state index in [9.17, 15) is 10.4 Å². The zero-order valence-corrected chi connectivity index (χ0v) is 15.8. The van der Waals surface area contributed by atoms with Gasteiger partial charge in [0.25, 0.3) is 0 Å². The first kappa shape index (κ1) is 18.9. The predicted octanol–water partition coefficient (Wildman–Crippen LogP) is 3.19.